The van der Waals surface area contributed by atoms with E-state index in [4.69, 9.17) is 10.5 Å². The summed E-state index contributed by atoms with van der Waals surface area (Å²) in [4.78, 5) is 11.9. The van der Waals surface area contributed by atoms with Crippen LogP contribution in [0.5, 0.6) is 5.75 Å². The lowest BCUT2D eigenvalue weighted by molar-refractivity contribution is -0.120. The summed E-state index contributed by atoms with van der Waals surface area (Å²) in [5.41, 5.74) is 5.84. The van der Waals surface area contributed by atoms with Gasteiger partial charge in [0.1, 0.15) is 5.75 Å². The highest BCUT2D eigenvalue weighted by Gasteiger charge is 2.26. The molecule has 1 unspecified atom stereocenters. The predicted molar refractivity (Wildman–Crippen MR) is 69.1 cm³/mol. The number of rotatable bonds is 5. The molecule has 0 fully saturated rings. The smallest absolute Gasteiger partial charge is 0.244 e. The van der Waals surface area contributed by atoms with Crippen LogP contribution >= 0.6 is 0 Å². The number of nitrogens with two attached hydrogens (primary N) is 1. The molecule has 0 heterocycles. The van der Waals surface area contributed by atoms with Gasteiger partial charge >= 0.3 is 0 Å². The zero-order valence-electron chi connectivity index (χ0n) is 10.6. The van der Waals surface area contributed by atoms with Crippen LogP contribution in [-0.4, -0.2) is 18.6 Å². The van der Waals surface area contributed by atoms with Gasteiger partial charge in [-0.1, -0.05) is 13.3 Å². The molecule has 0 spiro atoms. The van der Waals surface area contributed by atoms with E-state index >= 15 is 0 Å². The van der Waals surface area contributed by atoms with E-state index in [1.807, 2.05) is 6.92 Å². The van der Waals surface area contributed by atoms with E-state index in [0.29, 0.717) is 6.42 Å². The maximum atomic E-state index is 11.9. The molecule has 0 aliphatic rings. The van der Waals surface area contributed by atoms with Gasteiger partial charge in [0.2, 0.25) is 5.91 Å². The molecule has 0 saturated carbocycles. The van der Waals surface area contributed by atoms with E-state index in [0.717, 1.165) is 17.9 Å². The number of amides is 1. The second-order valence-electron chi connectivity index (χ2n) is 4.35. The van der Waals surface area contributed by atoms with Gasteiger partial charge in [0.05, 0.1) is 12.6 Å². The Balaban J connectivity index is 2.67. The fourth-order valence-electron chi connectivity index (χ4n) is 1.58. The minimum absolute atomic E-state index is 0.162. The highest BCUT2D eigenvalue weighted by molar-refractivity contribution is 5.97. The van der Waals surface area contributed by atoms with Gasteiger partial charge in [-0.05, 0) is 37.6 Å². The standard InChI is InChI=1S/C13H20N2O2/c1-4-9-13(2,14)12(16)15-10-5-7-11(17-3)8-6-10/h5-8H,4,9,14H2,1-3H3,(H,15,16). The van der Waals surface area contributed by atoms with E-state index in [2.05, 4.69) is 5.32 Å². The Morgan fingerprint density at radius 2 is 2.00 bits per heavy atom. The summed E-state index contributed by atoms with van der Waals surface area (Å²) in [6.07, 6.45) is 1.54. The molecule has 1 atom stereocenters. The Kier molecular flexibility index (Phi) is 4.52. The van der Waals surface area contributed by atoms with Crippen LogP contribution in [0, 0.1) is 0 Å². The normalized spacial score (nSPS) is 13.9. The van der Waals surface area contributed by atoms with Crippen LogP contribution in [0.25, 0.3) is 0 Å². The molecule has 4 nitrogen and oxygen atoms in total. The van der Waals surface area contributed by atoms with Crippen LogP contribution in [0.1, 0.15) is 26.7 Å². The van der Waals surface area contributed by atoms with Crippen molar-refractivity contribution < 1.29 is 9.53 Å². The summed E-state index contributed by atoms with van der Waals surface area (Å²) < 4.78 is 5.04. The minimum Gasteiger partial charge on any atom is -0.497 e. The Hall–Kier alpha value is -1.55. The number of carbonyl (C=O) groups is 1. The second kappa shape index (κ2) is 5.68. The summed E-state index contributed by atoms with van der Waals surface area (Å²) in [5.74, 6) is 0.594. The number of nitrogens with one attached hydrogen (secondary N) is 1. The number of benzene rings is 1. The number of methoxy groups -OCH3 is 1. The largest absolute Gasteiger partial charge is 0.497 e. The van der Waals surface area contributed by atoms with Gasteiger partial charge < -0.3 is 15.8 Å². The fraction of sp³-hybridized carbons (Fsp3) is 0.462. The van der Waals surface area contributed by atoms with Crippen LogP contribution in [0.2, 0.25) is 0 Å². The van der Waals surface area contributed by atoms with Gasteiger partial charge in [0.15, 0.2) is 0 Å². The van der Waals surface area contributed by atoms with Crippen LogP contribution in [0.15, 0.2) is 24.3 Å². The van der Waals surface area contributed by atoms with Crippen LogP contribution in [-0.2, 0) is 4.79 Å². The molecule has 0 radical (unpaired) electrons. The van der Waals surface area contributed by atoms with Crippen molar-refractivity contribution in [2.24, 2.45) is 5.73 Å². The maximum Gasteiger partial charge on any atom is 0.244 e. The van der Waals surface area contributed by atoms with Crippen LogP contribution in [0.4, 0.5) is 5.69 Å². The average Bonchev–Trinajstić information content (AvgIpc) is 2.30. The Morgan fingerprint density at radius 1 is 1.41 bits per heavy atom. The number of carbonyl (C=O) groups excluding carboxylic acids is 1. The fourth-order valence-corrected chi connectivity index (χ4v) is 1.58. The summed E-state index contributed by atoms with van der Waals surface area (Å²) in [6, 6.07) is 7.17. The zero-order chi connectivity index (χ0) is 12.9. The second-order valence-corrected chi connectivity index (χ2v) is 4.35. The summed E-state index contributed by atoms with van der Waals surface area (Å²) in [6.45, 7) is 3.75. The predicted octanol–water partition coefficient (Wildman–Crippen LogP) is 2.15. The third kappa shape index (κ3) is 3.75. The molecular formula is C13H20N2O2. The number of ether oxygens (including phenoxy) is 1. The lowest BCUT2D eigenvalue weighted by Gasteiger charge is -2.22. The molecule has 0 saturated heterocycles. The topological polar surface area (TPSA) is 64.4 Å². The first kappa shape index (κ1) is 13.5. The first-order valence-corrected chi connectivity index (χ1v) is 5.74. The number of hydrogen-bond donors (Lipinski definition) is 2. The van der Waals surface area contributed by atoms with E-state index < -0.39 is 5.54 Å². The summed E-state index contributed by atoms with van der Waals surface area (Å²) >= 11 is 0. The lowest BCUT2D eigenvalue weighted by Crippen LogP contribution is -2.48. The van der Waals surface area contributed by atoms with Crippen LogP contribution < -0.4 is 15.8 Å². The maximum absolute atomic E-state index is 11.9. The third-order valence-electron chi connectivity index (χ3n) is 2.64. The van der Waals surface area contributed by atoms with E-state index in [1.54, 1.807) is 38.3 Å². The summed E-state index contributed by atoms with van der Waals surface area (Å²) in [7, 11) is 1.60. The quantitative estimate of drug-likeness (QED) is 0.823. The molecule has 94 valence electrons. The van der Waals surface area contributed by atoms with Crippen molar-refractivity contribution in [1.29, 1.82) is 0 Å². The highest BCUT2D eigenvalue weighted by Crippen LogP contribution is 2.17. The Labute approximate surface area is 102 Å². The molecule has 1 amide bonds. The lowest BCUT2D eigenvalue weighted by atomic mass is 9.96. The SMILES string of the molecule is CCCC(C)(N)C(=O)Nc1ccc(OC)cc1. The molecule has 1 aromatic rings. The minimum atomic E-state index is -0.825. The van der Waals surface area contributed by atoms with Crippen molar-refractivity contribution in [3.05, 3.63) is 24.3 Å². The zero-order valence-corrected chi connectivity index (χ0v) is 10.6. The number of anilines is 1. The molecular weight excluding hydrogens is 216 g/mol. The van der Waals surface area contributed by atoms with Crippen LogP contribution in [0.3, 0.4) is 0 Å². The molecule has 0 bridgehead atoms. The van der Waals surface area contributed by atoms with E-state index in [-0.39, 0.29) is 5.91 Å². The van der Waals surface area contributed by atoms with Gasteiger partial charge in [0.25, 0.3) is 0 Å². The first-order valence-electron chi connectivity index (χ1n) is 5.74. The van der Waals surface area contributed by atoms with Crippen molar-refractivity contribution in [3.8, 4) is 5.75 Å². The summed E-state index contributed by atoms with van der Waals surface area (Å²) in [5, 5.41) is 2.80. The monoisotopic (exact) mass is 236 g/mol. The van der Waals surface area contributed by atoms with Crippen molar-refractivity contribution in [3.63, 3.8) is 0 Å². The highest BCUT2D eigenvalue weighted by atomic mass is 16.5. The van der Waals surface area contributed by atoms with Gasteiger partial charge in [-0.25, -0.2) is 0 Å². The van der Waals surface area contributed by atoms with E-state index in [1.165, 1.54) is 0 Å². The third-order valence-corrected chi connectivity index (χ3v) is 2.64. The Morgan fingerprint density at radius 3 is 2.47 bits per heavy atom. The molecule has 0 aliphatic carbocycles. The molecule has 1 rings (SSSR count). The van der Waals surface area contributed by atoms with Gasteiger partial charge in [-0.3, -0.25) is 4.79 Å². The van der Waals surface area contributed by atoms with Crippen molar-refractivity contribution in [2.45, 2.75) is 32.2 Å². The first-order chi connectivity index (χ1) is 7.99. The molecule has 1 aromatic carbocycles. The molecule has 3 N–H and O–H groups in total. The van der Waals surface area contributed by atoms with Gasteiger partial charge in [-0.2, -0.15) is 0 Å². The van der Waals surface area contributed by atoms with Crippen molar-refractivity contribution >= 4 is 11.6 Å². The Bertz CT molecular complexity index is 372. The average molecular weight is 236 g/mol. The molecule has 0 aromatic heterocycles. The molecule has 0 aliphatic heterocycles. The van der Waals surface area contributed by atoms with Crippen molar-refractivity contribution in [2.75, 3.05) is 12.4 Å². The van der Waals surface area contributed by atoms with E-state index in [9.17, 15) is 4.79 Å². The molecule has 4 heteroatoms. The van der Waals surface area contributed by atoms with Gasteiger partial charge in [0, 0.05) is 5.69 Å². The number of hydrogen-bond acceptors (Lipinski definition) is 3. The molecule has 17 heavy (non-hydrogen) atoms. The van der Waals surface area contributed by atoms with Gasteiger partial charge in [-0.15, -0.1) is 0 Å². The van der Waals surface area contributed by atoms with Crippen molar-refractivity contribution in [1.82, 2.24) is 0 Å².